The van der Waals surface area contributed by atoms with Gasteiger partial charge in [0.05, 0.1) is 24.2 Å². The van der Waals surface area contributed by atoms with Crippen molar-refractivity contribution in [3.05, 3.63) is 76.6 Å². The average Bonchev–Trinajstić information content (AvgIpc) is 3.42. The lowest BCUT2D eigenvalue weighted by Gasteiger charge is -2.39. The van der Waals surface area contributed by atoms with Crippen LogP contribution in [0.15, 0.2) is 36.9 Å². The molecule has 3 N–H and O–H groups in total. The van der Waals surface area contributed by atoms with Crippen LogP contribution >= 0.6 is 0 Å². The Bertz CT molecular complexity index is 1390. The number of hydrogen-bond acceptors (Lipinski definition) is 8. The minimum absolute atomic E-state index is 0.0239. The average molecular weight is 540 g/mol. The molecule has 0 saturated carbocycles. The Morgan fingerprint density at radius 3 is 2.62 bits per heavy atom. The van der Waals surface area contributed by atoms with E-state index in [2.05, 4.69) is 25.3 Å². The number of halogens is 4. The quantitative estimate of drug-likeness (QED) is 0.456. The molecule has 0 bridgehead atoms. The van der Waals surface area contributed by atoms with Crippen molar-refractivity contribution in [1.29, 1.82) is 0 Å². The number of benzene rings is 1. The van der Waals surface area contributed by atoms with Gasteiger partial charge in [-0.2, -0.15) is 18.0 Å². The molecule has 14 heteroatoms. The van der Waals surface area contributed by atoms with Crippen LogP contribution < -0.4 is 11.1 Å². The molecule has 9 nitrogen and oxygen atoms in total. The number of piperidine rings is 1. The Balaban J connectivity index is 1.26. The summed E-state index contributed by atoms with van der Waals surface area (Å²) in [6.07, 6.45) is 5.21. The zero-order chi connectivity index (χ0) is 26.5. The van der Waals surface area contributed by atoms with Crippen LogP contribution in [0.2, 0.25) is 0 Å². The Morgan fingerprint density at radius 1 is 1.19 bits per heavy atom. The van der Waals surface area contributed by atoms with E-state index in [-0.39, 0.29) is 11.6 Å². The molecule has 37 heavy (non-hydrogen) atoms. The number of nitrogens with zero attached hydrogens (tertiary/aromatic N) is 5. The van der Waals surface area contributed by atoms with Crippen molar-refractivity contribution < 1.29 is 26.0 Å². The smallest absolute Gasteiger partial charge is 0.295 e. The standard InChI is InChI=1S/C23H25F4N7O2S/c1-37(35,36)34-11-14-10-33(12-20(14)32-34)15-5-19(28)22(31-8-15)16-6-17(24)13(4-18(16)25)7-23(26,27)21-9-29-2-3-30-21/h2-4,6,9,11,15,19,22,31H,5,7-8,10,12,28H2,1H3/t15-,19+,22-/m1/s1. The van der Waals surface area contributed by atoms with Crippen molar-refractivity contribution in [2.45, 2.75) is 50.0 Å². The van der Waals surface area contributed by atoms with Gasteiger partial charge in [0.2, 0.25) is 0 Å². The summed E-state index contributed by atoms with van der Waals surface area (Å²) in [5.41, 5.74) is 6.71. The van der Waals surface area contributed by atoms with E-state index in [1.807, 2.05) is 0 Å². The molecule has 1 fully saturated rings. The van der Waals surface area contributed by atoms with E-state index in [1.165, 1.54) is 12.4 Å². The summed E-state index contributed by atoms with van der Waals surface area (Å²) >= 11 is 0. The van der Waals surface area contributed by atoms with Crippen LogP contribution in [0.5, 0.6) is 0 Å². The number of nitrogens with two attached hydrogens (primary N) is 1. The SMILES string of the molecule is CS(=O)(=O)n1cc2c(n1)CN([C@H]1CN[C@H](c3cc(F)c(CC(F)(F)c4cnccn4)cc3F)[C@@H](N)C1)C2. The van der Waals surface area contributed by atoms with Crippen LogP contribution in [0.3, 0.4) is 0 Å². The van der Waals surface area contributed by atoms with Gasteiger partial charge >= 0.3 is 0 Å². The first-order valence-electron chi connectivity index (χ1n) is 11.6. The summed E-state index contributed by atoms with van der Waals surface area (Å²) in [7, 11) is -3.46. The monoisotopic (exact) mass is 539 g/mol. The first-order chi connectivity index (χ1) is 17.4. The van der Waals surface area contributed by atoms with Gasteiger partial charge in [0.1, 0.15) is 17.3 Å². The summed E-state index contributed by atoms with van der Waals surface area (Å²) in [5.74, 6) is -5.31. The normalized spacial score (nSPS) is 22.8. The largest absolute Gasteiger partial charge is 0.326 e. The van der Waals surface area contributed by atoms with E-state index in [4.69, 9.17) is 5.73 Å². The van der Waals surface area contributed by atoms with Crippen molar-refractivity contribution in [1.82, 2.24) is 29.4 Å². The number of aromatic nitrogens is 4. The molecule has 0 radical (unpaired) electrons. The number of nitrogens with one attached hydrogen (secondary N) is 1. The van der Waals surface area contributed by atoms with Crippen molar-refractivity contribution in [2.24, 2.45) is 5.73 Å². The number of rotatable bonds is 6. The molecule has 4 heterocycles. The lowest BCUT2D eigenvalue weighted by molar-refractivity contribution is -0.00958. The van der Waals surface area contributed by atoms with Crippen LogP contribution in [0.1, 0.15) is 40.5 Å². The Morgan fingerprint density at radius 2 is 1.97 bits per heavy atom. The molecule has 0 unspecified atom stereocenters. The predicted molar refractivity (Wildman–Crippen MR) is 125 cm³/mol. The van der Waals surface area contributed by atoms with Crippen LogP contribution in [-0.4, -0.2) is 57.4 Å². The molecule has 2 aromatic heterocycles. The third kappa shape index (κ3) is 5.10. The van der Waals surface area contributed by atoms with Crippen molar-refractivity contribution in [3.8, 4) is 0 Å². The maximum absolute atomic E-state index is 15.0. The van der Waals surface area contributed by atoms with Gasteiger partial charge in [0.15, 0.2) is 0 Å². The highest BCUT2D eigenvalue weighted by Crippen LogP contribution is 2.34. The van der Waals surface area contributed by atoms with E-state index in [0.29, 0.717) is 31.7 Å². The molecule has 1 saturated heterocycles. The Hall–Kier alpha value is -2.94. The first kappa shape index (κ1) is 25.7. The molecular formula is C23H25F4N7O2S. The molecule has 3 aromatic rings. The maximum Gasteiger partial charge on any atom is 0.295 e. The van der Waals surface area contributed by atoms with Crippen LogP contribution in [0.25, 0.3) is 0 Å². The summed E-state index contributed by atoms with van der Waals surface area (Å²) in [4.78, 5) is 9.28. The van der Waals surface area contributed by atoms with Crippen molar-refractivity contribution in [2.75, 3.05) is 12.8 Å². The van der Waals surface area contributed by atoms with Crippen molar-refractivity contribution >= 4 is 10.0 Å². The van der Waals surface area contributed by atoms with Gasteiger partial charge in [-0.15, -0.1) is 0 Å². The first-order valence-corrected chi connectivity index (χ1v) is 13.4. The zero-order valence-electron chi connectivity index (χ0n) is 19.8. The molecule has 5 rings (SSSR count). The Kier molecular flexibility index (Phi) is 6.54. The van der Waals surface area contributed by atoms with Gasteiger partial charge in [-0.05, 0) is 24.1 Å². The van der Waals surface area contributed by atoms with Gasteiger partial charge in [0.25, 0.3) is 15.9 Å². The fraction of sp³-hybridized carbons (Fsp3) is 0.435. The molecular weight excluding hydrogens is 514 g/mol. The summed E-state index contributed by atoms with van der Waals surface area (Å²) in [6.45, 7) is 1.35. The molecule has 2 aliphatic rings. The summed E-state index contributed by atoms with van der Waals surface area (Å²) in [5, 5.41) is 7.31. The molecule has 2 aliphatic heterocycles. The topological polar surface area (TPSA) is 119 Å². The molecule has 198 valence electrons. The zero-order valence-corrected chi connectivity index (χ0v) is 20.6. The van der Waals surface area contributed by atoms with Gasteiger partial charge < -0.3 is 11.1 Å². The predicted octanol–water partition coefficient (Wildman–Crippen LogP) is 1.84. The minimum atomic E-state index is -3.53. The van der Waals surface area contributed by atoms with Crippen LogP contribution in [0.4, 0.5) is 17.6 Å². The lowest BCUT2D eigenvalue weighted by Crippen LogP contribution is -2.54. The third-order valence-electron chi connectivity index (χ3n) is 6.84. The molecule has 1 aromatic carbocycles. The molecule has 3 atom stereocenters. The van der Waals surface area contributed by atoms with Gasteiger partial charge in [0, 0.05) is 67.9 Å². The van der Waals surface area contributed by atoms with Gasteiger partial charge in [-0.3, -0.25) is 14.9 Å². The molecule has 0 amide bonds. The number of alkyl halides is 2. The highest BCUT2D eigenvalue weighted by molar-refractivity contribution is 7.89. The van der Waals surface area contributed by atoms with E-state index in [1.54, 1.807) is 0 Å². The second-order valence-corrected chi connectivity index (χ2v) is 11.4. The molecule has 0 spiro atoms. The Labute approximate surface area is 210 Å². The number of fused-ring (bicyclic) bond motifs is 1. The van der Waals surface area contributed by atoms with Crippen LogP contribution in [-0.2, 0) is 35.5 Å². The fourth-order valence-electron chi connectivity index (χ4n) is 4.94. The highest BCUT2D eigenvalue weighted by Gasteiger charge is 2.38. The van der Waals surface area contributed by atoms with E-state index in [0.717, 1.165) is 40.4 Å². The van der Waals surface area contributed by atoms with E-state index < -0.39 is 57.3 Å². The van der Waals surface area contributed by atoms with Gasteiger partial charge in [-0.1, -0.05) is 0 Å². The second-order valence-electron chi connectivity index (χ2n) is 9.52. The number of hydrogen-bond donors (Lipinski definition) is 2. The fourth-order valence-corrected chi connectivity index (χ4v) is 5.51. The summed E-state index contributed by atoms with van der Waals surface area (Å²) < 4.78 is 83.3. The summed E-state index contributed by atoms with van der Waals surface area (Å²) in [6, 6.07) is 0.387. The third-order valence-corrected chi connectivity index (χ3v) is 7.70. The lowest BCUT2D eigenvalue weighted by atomic mass is 9.88. The minimum Gasteiger partial charge on any atom is -0.326 e. The van der Waals surface area contributed by atoms with E-state index in [9.17, 15) is 21.6 Å². The van der Waals surface area contributed by atoms with Gasteiger partial charge in [-0.25, -0.2) is 17.2 Å². The van der Waals surface area contributed by atoms with E-state index >= 15 is 4.39 Å². The maximum atomic E-state index is 15.0. The van der Waals surface area contributed by atoms with Crippen LogP contribution in [0, 0.1) is 11.6 Å². The second kappa shape index (κ2) is 9.42. The van der Waals surface area contributed by atoms with Crippen molar-refractivity contribution in [3.63, 3.8) is 0 Å². The highest BCUT2D eigenvalue weighted by atomic mass is 32.2. The molecule has 0 aliphatic carbocycles.